The van der Waals surface area contributed by atoms with E-state index in [1.807, 2.05) is 54.3 Å². The molecule has 0 spiro atoms. The van der Waals surface area contributed by atoms with Gasteiger partial charge in [0.25, 0.3) is 5.91 Å². The molecule has 0 N–H and O–H groups in total. The van der Waals surface area contributed by atoms with Crippen molar-refractivity contribution in [1.29, 1.82) is 0 Å². The van der Waals surface area contributed by atoms with Gasteiger partial charge in [0, 0.05) is 49.9 Å². The van der Waals surface area contributed by atoms with E-state index in [-0.39, 0.29) is 5.91 Å². The minimum Gasteiger partial charge on any atom is -0.495 e. The van der Waals surface area contributed by atoms with Crippen molar-refractivity contribution < 1.29 is 9.53 Å². The lowest BCUT2D eigenvalue weighted by Gasteiger charge is -2.17. The van der Waals surface area contributed by atoms with E-state index in [4.69, 9.17) is 4.74 Å². The van der Waals surface area contributed by atoms with Gasteiger partial charge in [-0.3, -0.25) is 14.5 Å². The van der Waals surface area contributed by atoms with E-state index >= 15 is 0 Å². The highest BCUT2D eigenvalue weighted by Gasteiger charge is 2.12. The summed E-state index contributed by atoms with van der Waals surface area (Å²) in [5, 5.41) is 4.17. The van der Waals surface area contributed by atoms with Gasteiger partial charge in [0.1, 0.15) is 5.75 Å². The Balaban J connectivity index is 1.67. The second-order valence-corrected chi connectivity index (χ2v) is 6.04. The van der Waals surface area contributed by atoms with Gasteiger partial charge < -0.3 is 9.64 Å². The average Bonchev–Trinajstić information content (AvgIpc) is 3.21. The molecule has 0 atom stereocenters. The lowest BCUT2D eigenvalue weighted by molar-refractivity contribution is 0.0791. The number of nitrogens with zero attached hydrogens (tertiary/aromatic N) is 4. The van der Waals surface area contributed by atoms with Crippen molar-refractivity contribution in [2.24, 2.45) is 0 Å². The van der Waals surface area contributed by atoms with Crippen LogP contribution < -0.4 is 4.74 Å². The van der Waals surface area contributed by atoms with Crippen LogP contribution in [0.3, 0.4) is 0 Å². The van der Waals surface area contributed by atoms with Crippen molar-refractivity contribution in [3.8, 4) is 16.9 Å². The number of pyridine rings is 1. The van der Waals surface area contributed by atoms with Crippen LogP contribution in [0.15, 0.2) is 61.2 Å². The summed E-state index contributed by atoms with van der Waals surface area (Å²) in [6.07, 6.45) is 7.95. The number of hydrogen-bond acceptors (Lipinski definition) is 4. The van der Waals surface area contributed by atoms with Gasteiger partial charge in [-0.25, -0.2) is 0 Å². The number of aryl methyl sites for hydroxylation is 1. The molecule has 6 heteroatoms. The molecule has 6 nitrogen and oxygen atoms in total. The molecular formula is C20H22N4O2. The standard InChI is InChI=1S/C20H22N4O2/c1-23(9-5-11-24-10-4-8-22-24)20(25)17-7-3-6-16(12-17)18-13-19(26-2)15-21-14-18/h3-4,6-8,10,12-15H,5,9,11H2,1-2H3. The van der Waals surface area contributed by atoms with Crippen LogP contribution in [0.4, 0.5) is 0 Å². The Kier molecular flexibility index (Phi) is 5.63. The van der Waals surface area contributed by atoms with Crippen molar-refractivity contribution >= 4 is 5.91 Å². The summed E-state index contributed by atoms with van der Waals surface area (Å²) in [4.78, 5) is 18.6. The number of hydrogen-bond donors (Lipinski definition) is 0. The van der Waals surface area contributed by atoms with Crippen LogP contribution in [0.25, 0.3) is 11.1 Å². The molecule has 0 radical (unpaired) electrons. The molecule has 2 aromatic heterocycles. The Bertz CT molecular complexity index is 862. The van der Waals surface area contributed by atoms with E-state index in [0.29, 0.717) is 17.9 Å². The minimum absolute atomic E-state index is 0.00294. The van der Waals surface area contributed by atoms with Crippen molar-refractivity contribution in [3.63, 3.8) is 0 Å². The van der Waals surface area contributed by atoms with E-state index in [0.717, 1.165) is 24.1 Å². The quantitative estimate of drug-likeness (QED) is 0.657. The number of ether oxygens (including phenoxy) is 1. The summed E-state index contributed by atoms with van der Waals surface area (Å²) in [6, 6.07) is 11.4. The van der Waals surface area contributed by atoms with Crippen molar-refractivity contribution in [2.45, 2.75) is 13.0 Å². The molecule has 0 aliphatic carbocycles. The number of carbonyl (C=O) groups excluding carboxylic acids is 1. The molecule has 1 aromatic carbocycles. The fraction of sp³-hybridized carbons (Fsp3) is 0.250. The van der Waals surface area contributed by atoms with Crippen molar-refractivity contribution in [1.82, 2.24) is 19.7 Å². The lowest BCUT2D eigenvalue weighted by Crippen LogP contribution is -2.28. The Morgan fingerprint density at radius 1 is 1.19 bits per heavy atom. The zero-order valence-corrected chi connectivity index (χ0v) is 15.0. The fourth-order valence-electron chi connectivity index (χ4n) is 2.74. The first kappa shape index (κ1) is 17.7. The Morgan fingerprint density at radius 2 is 2.08 bits per heavy atom. The van der Waals surface area contributed by atoms with Crippen LogP contribution >= 0.6 is 0 Å². The third kappa shape index (κ3) is 4.27. The second kappa shape index (κ2) is 8.29. The van der Waals surface area contributed by atoms with E-state index < -0.39 is 0 Å². The van der Waals surface area contributed by atoms with Crippen molar-refractivity contribution in [2.75, 3.05) is 20.7 Å². The van der Waals surface area contributed by atoms with Crippen LogP contribution in [-0.4, -0.2) is 46.3 Å². The van der Waals surface area contributed by atoms with Gasteiger partial charge in [0.05, 0.1) is 13.3 Å². The van der Waals surface area contributed by atoms with Gasteiger partial charge in [-0.1, -0.05) is 12.1 Å². The third-order valence-corrected chi connectivity index (χ3v) is 4.18. The summed E-state index contributed by atoms with van der Waals surface area (Å²) in [6.45, 7) is 1.46. The summed E-state index contributed by atoms with van der Waals surface area (Å²) < 4.78 is 7.09. The smallest absolute Gasteiger partial charge is 0.253 e. The molecule has 3 rings (SSSR count). The van der Waals surface area contributed by atoms with Gasteiger partial charge in [-0.05, 0) is 36.2 Å². The topological polar surface area (TPSA) is 60.2 Å². The highest BCUT2D eigenvalue weighted by molar-refractivity contribution is 5.95. The molecule has 0 aliphatic rings. The normalized spacial score (nSPS) is 10.5. The Hall–Kier alpha value is -3.15. The van der Waals surface area contributed by atoms with Gasteiger partial charge in [0.2, 0.25) is 0 Å². The number of carbonyl (C=O) groups is 1. The summed E-state index contributed by atoms with van der Waals surface area (Å²) in [5.41, 5.74) is 2.51. The number of benzene rings is 1. The van der Waals surface area contributed by atoms with Gasteiger partial charge in [-0.15, -0.1) is 0 Å². The monoisotopic (exact) mass is 350 g/mol. The fourth-order valence-corrected chi connectivity index (χ4v) is 2.74. The predicted molar refractivity (Wildman–Crippen MR) is 100 cm³/mol. The molecule has 0 bridgehead atoms. The van der Waals surface area contributed by atoms with Crippen LogP contribution in [0.1, 0.15) is 16.8 Å². The molecule has 2 heterocycles. The lowest BCUT2D eigenvalue weighted by atomic mass is 10.0. The predicted octanol–water partition coefficient (Wildman–Crippen LogP) is 3.12. The van der Waals surface area contributed by atoms with Gasteiger partial charge in [0.15, 0.2) is 0 Å². The van der Waals surface area contributed by atoms with Crippen LogP contribution in [0.2, 0.25) is 0 Å². The van der Waals surface area contributed by atoms with E-state index in [9.17, 15) is 4.79 Å². The van der Waals surface area contributed by atoms with Crippen LogP contribution in [0.5, 0.6) is 5.75 Å². The number of methoxy groups -OCH3 is 1. The molecule has 3 aromatic rings. The van der Waals surface area contributed by atoms with Crippen molar-refractivity contribution in [3.05, 3.63) is 66.7 Å². The highest BCUT2D eigenvalue weighted by Crippen LogP contribution is 2.23. The Labute approximate surface area is 153 Å². The zero-order valence-electron chi connectivity index (χ0n) is 15.0. The maximum atomic E-state index is 12.7. The van der Waals surface area contributed by atoms with Gasteiger partial charge >= 0.3 is 0 Å². The maximum absolute atomic E-state index is 12.7. The second-order valence-electron chi connectivity index (χ2n) is 6.04. The number of rotatable bonds is 7. The summed E-state index contributed by atoms with van der Waals surface area (Å²) in [5.74, 6) is 0.693. The minimum atomic E-state index is 0.00294. The first-order valence-electron chi connectivity index (χ1n) is 8.50. The molecule has 0 aliphatic heterocycles. The van der Waals surface area contributed by atoms with E-state index in [1.54, 1.807) is 30.6 Å². The van der Waals surface area contributed by atoms with Gasteiger partial charge in [-0.2, -0.15) is 5.10 Å². The van der Waals surface area contributed by atoms with Crippen LogP contribution in [0, 0.1) is 0 Å². The number of aromatic nitrogens is 3. The largest absolute Gasteiger partial charge is 0.495 e. The first-order chi connectivity index (χ1) is 12.7. The highest BCUT2D eigenvalue weighted by atomic mass is 16.5. The SMILES string of the molecule is COc1cncc(-c2cccc(C(=O)N(C)CCCn3cccn3)c2)c1. The first-order valence-corrected chi connectivity index (χ1v) is 8.50. The van der Waals surface area contributed by atoms with E-state index in [1.165, 1.54) is 0 Å². The molecule has 0 saturated heterocycles. The van der Waals surface area contributed by atoms with E-state index in [2.05, 4.69) is 10.1 Å². The average molecular weight is 350 g/mol. The molecule has 134 valence electrons. The molecule has 26 heavy (non-hydrogen) atoms. The molecule has 0 saturated carbocycles. The molecule has 1 amide bonds. The number of amides is 1. The molecular weight excluding hydrogens is 328 g/mol. The third-order valence-electron chi connectivity index (χ3n) is 4.18. The summed E-state index contributed by atoms with van der Waals surface area (Å²) in [7, 11) is 3.43. The zero-order chi connectivity index (χ0) is 18.4. The maximum Gasteiger partial charge on any atom is 0.253 e. The van der Waals surface area contributed by atoms with Crippen LogP contribution in [-0.2, 0) is 6.54 Å². The summed E-state index contributed by atoms with van der Waals surface area (Å²) >= 11 is 0. The molecule has 0 unspecified atom stereocenters. The Morgan fingerprint density at radius 3 is 2.85 bits per heavy atom. The molecule has 0 fully saturated rings.